The van der Waals surface area contributed by atoms with E-state index in [4.69, 9.17) is 25.7 Å². The van der Waals surface area contributed by atoms with Crippen LogP contribution in [-0.4, -0.2) is 89.9 Å². The summed E-state index contributed by atoms with van der Waals surface area (Å²) in [6.07, 6.45) is 0.267. The van der Waals surface area contributed by atoms with Crippen molar-refractivity contribution in [3.05, 3.63) is 30.3 Å². The predicted octanol–water partition coefficient (Wildman–Crippen LogP) is 0.117. The highest BCUT2D eigenvalue weighted by Crippen LogP contribution is 2.32. The molecule has 0 radical (unpaired) electrons. The molecule has 204 valence electrons. The molecule has 13 nitrogen and oxygen atoms in total. The molecule has 0 saturated carbocycles. The van der Waals surface area contributed by atoms with E-state index in [1.807, 2.05) is 0 Å². The molecule has 0 saturated heterocycles. The summed E-state index contributed by atoms with van der Waals surface area (Å²) in [7, 11) is 0.0767. The molecule has 2 aromatic rings. The van der Waals surface area contributed by atoms with Crippen molar-refractivity contribution in [3.8, 4) is 11.5 Å². The zero-order chi connectivity index (χ0) is 27.6. The standard InChI is InChI=1S/C23H33N5O8S/c1-34-10-9-28(14-21(29)30)22(31)19(5-4-8-26-23(24)25)27-37(32,33)17-11-15-6-7-16(35-2)12-18(15)20(13-17)36-3/h6-7,11-13,19,27H,4-5,8-10,14H2,1-3H3,(H,29,30)(H4,24,25,26)/t19-/m0/s1. The summed E-state index contributed by atoms with van der Waals surface area (Å²) in [5, 5.41) is 10.5. The number of fused-ring (bicyclic) bond motifs is 1. The highest BCUT2D eigenvalue weighted by atomic mass is 32.2. The number of carbonyl (C=O) groups is 2. The van der Waals surface area contributed by atoms with Crippen molar-refractivity contribution >= 4 is 38.6 Å². The van der Waals surface area contributed by atoms with Gasteiger partial charge in [-0.1, -0.05) is 6.07 Å². The van der Waals surface area contributed by atoms with Gasteiger partial charge in [-0.25, -0.2) is 8.42 Å². The second-order valence-corrected chi connectivity index (χ2v) is 9.70. The molecular weight excluding hydrogens is 506 g/mol. The van der Waals surface area contributed by atoms with E-state index >= 15 is 0 Å². The normalized spacial score (nSPS) is 12.1. The van der Waals surface area contributed by atoms with E-state index in [2.05, 4.69) is 9.71 Å². The number of ether oxygens (including phenoxy) is 3. The van der Waals surface area contributed by atoms with Crippen LogP contribution in [0.3, 0.4) is 0 Å². The van der Waals surface area contributed by atoms with E-state index in [9.17, 15) is 23.1 Å². The molecule has 1 atom stereocenters. The third-order valence-corrected chi connectivity index (χ3v) is 6.82. The predicted molar refractivity (Wildman–Crippen MR) is 137 cm³/mol. The summed E-state index contributed by atoms with van der Waals surface area (Å²) in [5.41, 5.74) is 10.7. The van der Waals surface area contributed by atoms with Gasteiger partial charge in [-0.2, -0.15) is 4.72 Å². The van der Waals surface area contributed by atoms with Crippen molar-refractivity contribution in [2.75, 3.05) is 47.6 Å². The number of guanidine groups is 1. The van der Waals surface area contributed by atoms with Crippen molar-refractivity contribution < 1.29 is 37.3 Å². The van der Waals surface area contributed by atoms with Crippen LogP contribution in [-0.2, 0) is 24.3 Å². The number of hydrogen-bond donors (Lipinski definition) is 4. The summed E-state index contributed by atoms with van der Waals surface area (Å²) in [4.78, 5) is 29.4. The van der Waals surface area contributed by atoms with Gasteiger partial charge in [-0.3, -0.25) is 14.6 Å². The van der Waals surface area contributed by atoms with Gasteiger partial charge in [0.15, 0.2) is 5.96 Å². The molecule has 2 rings (SSSR count). The summed E-state index contributed by atoms with van der Waals surface area (Å²) >= 11 is 0. The SMILES string of the molecule is COCCN(CC(=O)O)C(=O)[C@H](CCCN=C(N)N)NS(=O)(=O)c1cc(OC)c2cc(OC)ccc2c1. The minimum Gasteiger partial charge on any atom is -0.497 e. The number of nitrogens with two attached hydrogens (primary N) is 2. The molecule has 0 unspecified atom stereocenters. The van der Waals surface area contributed by atoms with Crippen LogP contribution in [0.5, 0.6) is 11.5 Å². The Hall–Kier alpha value is -3.62. The van der Waals surface area contributed by atoms with Gasteiger partial charge in [-0.15, -0.1) is 0 Å². The number of nitrogens with zero attached hydrogens (tertiary/aromatic N) is 2. The van der Waals surface area contributed by atoms with Crippen molar-refractivity contribution in [2.24, 2.45) is 16.5 Å². The number of hydrogen-bond acceptors (Lipinski definition) is 8. The van der Waals surface area contributed by atoms with E-state index in [1.54, 1.807) is 18.2 Å². The Balaban J connectivity index is 2.43. The van der Waals surface area contributed by atoms with E-state index < -0.39 is 34.5 Å². The minimum atomic E-state index is -4.25. The Morgan fingerprint density at radius 3 is 2.46 bits per heavy atom. The Morgan fingerprint density at radius 2 is 1.86 bits per heavy atom. The molecule has 1 amide bonds. The number of carboxylic acids is 1. The van der Waals surface area contributed by atoms with Crippen molar-refractivity contribution in [3.63, 3.8) is 0 Å². The van der Waals surface area contributed by atoms with Gasteiger partial charge in [0.1, 0.15) is 24.1 Å². The van der Waals surface area contributed by atoms with Crippen molar-refractivity contribution in [1.29, 1.82) is 0 Å². The van der Waals surface area contributed by atoms with Gasteiger partial charge in [0.2, 0.25) is 15.9 Å². The number of amides is 1. The summed E-state index contributed by atoms with van der Waals surface area (Å²) in [6.45, 7) is -0.451. The summed E-state index contributed by atoms with van der Waals surface area (Å²) in [5.74, 6) is -1.25. The van der Waals surface area contributed by atoms with Gasteiger partial charge in [0, 0.05) is 31.7 Å². The summed E-state index contributed by atoms with van der Waals surface area (Å²) in [6, 6.07) is 6.58. The molecule has 0 aliphatic rings. The van der Waals surface area contributed by atoms with Crippen molar-refractivity contribution in [1.82, 2.24) is 9.62 Å². The first-order valence-corrected chi connectivity index (χ1v) is 12.7. The molecule has 0 heterocycles. The minimum absolute atomic E-state index is 0.0137. The van der Waals surface area contributed by atoms with Crippen LogP contribution >= 0.6 is 0 Å². The lowest BCUT2D eigenvalue weighted by atomic mass is 10.1. The lowest BCUT2D eigenvalue weighted by molar-refractivity contribution is -0.145. The fourth-order valence-corrected chi connectivity index (χ4v) is 4.85. The number of aliphatic carboxylic acids is 1. The Kier molecular flexibility index (Phi) is 10.9. The molecular formula is C23H33N5O8S. The maximum atomic E-state index is 13.4. The average molecular weight is 540 g/mol. The maximum absolute atomic E-state index is 13.4. The highest BCUT2D eigenvalue weighted by molar-refractivity contribution is 7.89. The first kappa shape index (κ1) is 29.6. The molecule has 2 aromatic carbocycles. The van der Waals surface area contributed by atoms with Crippen LogP contribution in [0.15, 0.2) is 40.2 Å². The second-order valence-electron chi connectivity index (χ2n) is 7.98. The number of sulfonamides is 1. The van der Waals surface area contributed by atoms with Gasteiger partial charge in [-0.05, 0) is 36.4 Å². The van der Waals surface area contributed by atoms with Gasteiger partial charge in [0.05, 0.1) is 25.7 Å². The van der Waals surface area contributed by atoms with Crippen LogP contribution < -0.4 is 25.7 Å². The number of nitrogens with one attached hydrogen (secondary N) is 1. The Morgan fingerprint density at radius 1 is 1.14 bits per heavy atom. The number of benzene rings is 2. The lowest BCUT2D eigenvalue weighted by Gasteiger charge is -2.26. The topological polar surface area (TPSA) is 196 Å². The van der Waals surface area contributed by atoms with Gasteiger partial charge in [0.25, 0.3) is 0 Å². The molecule has 14 heteroatoms. The van der Waals surface area contributed by atoms with Crippen molar-refractivity contribution in [2.45, 2.75) is 23.8 Å². The molecule has 0 spiro atoms. The monoisotopic (exact) mass is 539 g/mol. The molecule has 37 heavy (non-hydrogen) atoms. The smallest absolute Gasteiger partial charge is 0.323 e. The molecule has 0 aliphatic carbocycles. The maximum Gasteiger partial charge on any atom is 0.323 e. The van der Waals surface area contributed by atoms with Gasteiger partial charge < -0.3 is 35.7 Å². The number of carboxylic acid groups (broad SMARTS) is 1. The zero-order valence-electron chi connectivity index (χ0n) is 21.0. The molecule has 0 aliphatic heterocycles. The van der Waals surface area contributed by atoms with E-state index in [1.165, 1.54) is 33.5 Å². The van der Waals surface area contributed by atoms with E-state index in [0.29, 0.717) is 22.3 Å². The average Bonchev–Trinajstić information content (AvgIpc) is 2.86. The number of rotatable bonds is 15. The third-order valence-electron chi connectivity index (χ3n) is 5.37. The number of carbonyl (C=O) groups excluding carboxylic acids is 1. The van der Waals surface area contributed by atoms with Crippen LogP contribution in [0, 0.1) is 0 Å². The van der Waals surface area contributed by atoms with Crippen LogP contribution in [0.1, 0.15) is 12.8 Å². The first-order chi connectivity index (χ1) is 17.5. The van der Waals surface area contributed by atoms with Crippen LogP contribution in [0.25, 0.3) is 10.8 Å². The highest BCUT2D eigenvalue weighted by Gasteiger charge is 2.30. The molecule has 0 fully saturated rings. The fraction of sp³-hybridized carbons (Fsp3) is 0.435. The lowest BCUT2D eigenvalue weighted by Crippen LogP contribution is -2.50. The molecule has 0 bridgehead atoms. The number of methoxy groups -OCH3 is 3. The molecule has 0 aromatic heterocycles. The van der Waals surface area contributed by atoms with E-state index in [0.717, 1.165) is 4.90 Å². The molecule has 6 N–H and O–H groups in total. The van der Waals surface area contributed by atoms with Crippen LogP contribution in [0.2, 0.25) is 0 Å². The second kappa shape index (κ2) is 13.6. The summed E-state index contributed by atoms with van der Waals surface area (Å²) < 4.78 is 44.8. The Labute approximate surface area is 215 Å². The fourth-order valence-electron chi connectivity index (χ4n) is 3.57. The largest absolute Gasteiger partial charge is 0.497 e. The number of aliphatic imine (C=N–C) groups is 1. The third kappa shape index (κ3) is 8.48. The quantitative estimate of drug-likeness (QED) is 0.137. The first-order valence-electron chi connectivity index (χ1n) is 11.3. The van der Waals surface area contributed by atoms with Gasteiger partial charge >= 0.3 is 5.97 Å². The zero-order valence-corrected chi connectivity index (χ0v) is 21.8. The Bertz CT molecular complexity index is 1230. The van der Waals surface area contributed by atoms with E-state index in [-0.39, 0.29) is 43.4 Å². The van der Waals surface area contributed by atoms with Crippen LogP contribution in [0.4, 0.5) is 0 Å².